The van der Waals surface area contributed by atoms with Crippen LogP contribution < -0.4 is 15.1 Å². The Morgan fingerprint density at radius 2 is 1.68 bits per heavy atom. The van der Waals surface area contributed by atoms with E-state index < -0.39 is 0 Å². The van der Waals surface area contributed by atoms with Crippen LogP contribution in [-0.4, -0.2) is 31.4 Å². The minimum absolute atomic E-state index is 0.00431. The van der Waals surface area contributed by atoms with Gasteiger partial charge in [0.25, 0.3) is 0 Å². The summed E-state index contributed by atoms with van der Waals surface area (Å²) in [5.74, 6) is 0.350. The predicted octanol–water partition coefficient (Wildman–Crippen LogP) is 3.91. The summed E-state index contributed by atoms with van der Waals surface area (Å²) in [4.78, 5) is 29.4. The largest absolute Gasteiger partial charge is 0.370 e. The van der Waals surface area contributed by atoms with Crippen LogP contribution in [0.15, 0.2) is 54.6 Å². The molecule has 0 aromatic heterocycles. The number of hydrogen-bond donors (Lipinski definition) is 1. The number of para-hydroxylation sites is 3. The van der Waals surface area contributed by atoms with Crippen LogP contribution in [-0.2, 0) is 9.59 Å². The van der Waals surface area contributed by atoms with Crippen molar-refractivity contribution in [1.29, 1.82) is 0 Å². The van der Waals surface area contributed by atoms with E-state index in [2.05, 4.69) is 23.2 Å². The lowest BCUT2D eigenvalue weighted by Crippen LogP contribution is -2.34. The molecule has 5 nitrogen and oxygen atoms in total. The Balaban J connectivity index is 1.45. The number of carbonyl (C=O) groups excluding carboxylic acids is 2. The molecular weight excluding hydrogens is 350 g/mol. The van der Waals surface area contributed by atoms with Crippen molar-refractivity contribution in [3.63, 3.8) is 0 Å². The maximum atomic E-state index is 12.9. The minimum Gasteiger partial charge on any atom is -0.370 e. The van der Waals surface area contributed by atoms with Crippen LogP contribution in [0.4, 0.5) is 17.1 Å². The summed E-state index contributed by atoms with van der Waals surface area (Å²) in [6.45, 7) is 4.74. The van der Waals surface area contributed by atoms with Crippen molar-refractivity contribution in [2.45, 2.75) is 26.2 Å². The van der Waals surface area contributed by atoms with E-state index in [1.165, 1.54) is 12.8 Å². The van der Waals surface area contributed by atoms with Crippen molar-refractivity contribution in [3.05, 3.63) is 54.6 Å². The molecule has 2 aliphatic heterocycles. The van der Waals surface area contributed by atoms with Gasteiger partial charge in [-0.1, -0.05) is 37.3 Å². The van der Waals surface area contributed by atoms with Crippen LogP contribution in [0.2, 0.25) is 0 Å². The van der Waals surface area contributed by atoms with Crippen molar-refractivity contribution in [1.82, 2.24) is 0 Å². The van der Waals surface area contributed by atoms with Crippen molar-refractivity contribution in [3.8, 4) is 0 Å². The predicted molar refractivity (Wildman–Crippen MR) is 113 cm³/mol. The summed E-state index contributed by atoms with van der Waals surface area (Å²) in [7, 11) is 0. The van der Waals surface area contributed by atoms with E-state index in [0.29, 0.717) is 6.54 Å². The second-order valence-corrected chi connectivity index (χ2v) is 7.92. The second kappa shape index (κ2) is 8.05. The van der Waals surface area contributed by atoms with Gasteiger partial charge in [0.05, 0.1) is 17.3 Å². The molecule has 28 heavy (non-hydrogen) atoms. The highest BCUT2D eigenvalue weighted by atomic mass is 16.2. The molecule has 5 heteroatoms. The van der Waals surface area contributed by atoms with E-state index in [-0.39, 0.29) is 24.2 Å². The molecule has 2 aliphatic rings. The Hall–Kier alpha value is -2.82. The van der Waals surface area contributed by atoms with Gasteiger partial charge >= 0.3 is 0 Å². The fourth-order valence-corrected chi connectivity index (χ4v) is 4.08. The third kappa shape index (κ3) is 3.88. The van der Waals surface area contributed by atoms with Crippen LogP contribution in [0, 0.1) is 11.8 Å². The SMILES string of the molecule is CC1CCN(c2ccccc2NC(=O)[C@@H]2CC(=O)N(c3ccccc3)C2)CC1. The lowest BCUT2D eigenvalue weighted by atomic mass is 9.98. The van der Waals surface area contributed by atoms with Gasteiger partial charge < -0.3 is 15.1 Å². The van der Waals surface area contributed by atoms with Crippen LogP contribution in [0.25, 0.3) is 0 Å². The lowest BCUT2D eigenvalue weighted by molar-refractivity contribution is -0.122. The van der Waals surface area contributed by atoms with Gasteiger partial charge in [0.1, 0.15) is 0 Å². The van der Waals surface area contributed by atoms with Gasteiger partial charge in [0, 0.05) is 31.7 Å². The van der Waals surface area contributed by atoms with Gasteiger partial charge in [-0.3, -0.25) is 9.59 Å². The van der Waals surface area contributed by atoms with E-state index in [0.717, 1.165) is 36.1 Å². The molecule has 146 valence electrons. The zero-order chi connectivity index (χ0) is 19.5. The fraction of sp³-hybridized carbons (Fsp3) is 0.391. The molecule has 2 aromatic carbocycles. The molecule has 2 heterocycles. The Bertz CT molecular complexity index is 844. The molecule has 2 aromatic rings. The Kier molecular flexibility index (Phi) is 5.33. The highest BCUT2D eigenvalue weighted by Gasteiger charge is 2.35. The van der Waals surface area contributed by atoms with E-state index >= 15 is 0 Å². The third-order valence-corrected chi connectivity index (χ3v) is 5.85. The number of benzene rings is 2. The molecule has 1 atom stereocenters. The second-order valence-electron chi connectivity index (χ2n) is 7.92. The van der Waals surface area contributed by atoms with Crippen LogP contribution in [0.3, 0.4) is 0 Å². The normalized spacial score (nSPS) is 20.5. The Morgan fingerprint density at radius 1 is 1.00 bits per heavy atom. The molecule has 0 spiro atoms. The number of carbonyl (C=O) groups is 2. The summed E-state index contributed by atoms with van der Waals surface area (Å²) < 4.78 is 0. The molecule has 2 fully saturated rings. The lowest BCUT2D eigenvalue weighted by Gasteiger charge is -2.33. The highest BCUT2D eigenvalue weighted by molar-refractivity contribution is 6.04. The zero-order valence-electron chi connectivity index (χ0n) is 16.3. The average molecular weight is 377 g/mol. The monoisotopic (exact) mass is 377 g/mol. The van der Waals surface area contributed by atoms with Gasteiger partial charge in [-0.15, -0.1) is 0 Å². The molecule has 4 rings (SSSR count). The summed E-state index contributed by atoms with van der Waals surface area (Å²) in [5.41, 5.74) is 2.77. The molecular formula is C23H27N3O2. The number of rotatable bonds is 4. The Labute approximate surface area is 166 Å². The smallest absolute Gasteiger partial charge is 0.229 e. The minimum atomic E-state index is -0.331. The van der Waals surface area contributed by atoms with Gasteiger partial charge in [-0.05, 0) is 43.0 Å². The number of hydrogen-bond acceptors (Lipinski definition) is 3. The first-order valence-corrected chi connectivity index (χ1v) is 10.1. The number of anilines is 3. The summed E-state index contributed by atoms with van der Waals surface area (Å²) in [6.07, 6.45) is 2.60. The van der Waals surface area contributed by atoms with Crippen molar-refractivity contribution in [2.75, 3.05) is 34.8 Å². The molecule has 0 radical (unpaired) electrons. The van der Waals surface area contributed by atoms with Gasteiger partial charge in [0.2, 0.25) is 11.8 Å². The molecule has 0 aliphatic carbocycles. The first-order valence-electron chi connectivity index (χ1n) is 10.1. The quantitative estimate of drug-likeness (QED) is 0.879. The van der Waals surface area contributed by atoms with Crippen molar-refractivity contribution in [2.24, 2.45) is 11.8 Å². The van der Waals surface area contributed by atoms with E-state index in [4.69, 9.17) is 0 Å². The average Bonchev–Trinajstić information content (AvgIpc) is 3.12. The summed E-state index contributed by atoms with van der Waals surface area (Å²) in [5, 5.41) is 3.09. The number of piperidine rings is 1. The fourth-order valence-electron chi connectivity index (χ4n) is 4.08. The van der Waals surface area contributed by atoms with Crippen LogP contribution in [0.1, 0.15) is 26.2 Å². The standard InChI is InChI=1S/C23H27N3O2/c1-17-11-13-25(14-12-17)21-10-6-5-9-20(21)24-23(28)18-15-22(27)26(16-18)19-7-3-2-4-8-19/h2-10,17-18H,11-16H2,1H3,(H,24,28)/t18-/m1/s1. The molecule has 0 saturated carbocycles. The zero-order valence-corrected chi connectivity index (χ0v) is 16.3. The molecule has 0 bridgehead atoms. The topological polar surface area (TPSA) is 52.7 Å². The summed E-state index contributed by atoms with van der Waals surface area (Å²) >= 11 is 0. The van der Waals surface area contributed by atoms with Crippen LogP contribution in [0.5, 0.6) is 0 Å². The van der Waals surface area contributed by atoms with Crippen LogP contribution >= 0.6 is 0 Å². The molecule has 2 saturated heterocycles. The van der Waals surface area contributed by atoms with Crippen molar-refractivity contribution >= 4 is 28.9 Å². The maximum absolute atomic E-state index is 12.9. The number of nitrogens with one attached hydrogen (secondary N) is 1. The highest BCUT2D eigenvalue weighted by Crippen LogP contribution is 2.31. The van der Waals surface area contributed by atoms with Gasteiger partial charge in [0.15, 0.2) is 0 Å². The first kappa shape index (κ1) is 18.5. The van der Waals surface area contributed by atoms with Crippen molar-refractivity contribution < 1.29 is 9.59 Å². The summed E-state index contributed by atoms with van der Waals surface area (Å²) in [6, 6.07) is 17.5. The number of nitrogens with zero attached hydrogens (tertiary/aromatic N) is 2. The maximum Gasteiger partial charge on any atom is 0.229 e. The van der Waals surface area contributed by atoms with Gasteiger partial charge in [-0.2, -0.15) is 0 Å². The first-order chi connectivity index (χ1) is 13.6. The van der Waals surface area contributed by atoms with E-state index in [9.17, 15) is 9.59 Å². The van der Waals surface area contributed by atoms with Gasteiger partial charge in [-0.25, -0.2) is 0 Å². The molecule has 0 unspecified atom stereocenters. The number of amides is 2. The molecule has 1 N–H and O–H groups in total. The molecule has 2 amide bonds. The third-order valence-electron chi connectivity index (χ3n) is 5.85. The Morgan fingerprint density at radius 3 is 2.43 bits per heavy atom. The van der Waals surface area contributed by atoms with E-state index in [1.807, 2.05) is 48.5 Å². The van der Waals surface area contributed by atoms with E-state index in [1.54, 1.807) is 4.90 Å².